The summed E-state index contributed by atoms with van der Waals surface area (Å²) in [5.74, 6) is 0.110. The van der Waals surface area contributed by atoms with Crippen LogP contribution in [0.1, 0.15) is 24.4 Å². The molecule has 0 bridgehead atoms. The van der Waals surface area contributed by atoms with Crippen molar-refractivity contribution < 1.29 is 38.8 Å². The molecule has 19 heteroatoms. The zero-order valence-corrected chi connectivity index (χ0v) is 21.3. The van der Waals surface area contributed by atoms with Crippen molar-refractivity contribution in [3.8, 4) is 0 Å². The maximum Gasteiger partial charge on any atom is 0.403 e. The van der Waals surface area contributed by atoms with Crippen LogP contribution in [0.4, 0.5) is 5.82 Å². The fourth-order valence-electron chi connectivity index (χ4n) is 4.58. The van der Waals surface area contributed by atoms with Crippen LogP contribution in [0.5, 0.6) is 0 Å². The molecule has 0 radical (unpaired) electrons. The first-order valence-electron chi connectivity index (χ1n) is 11.8. The molecule has 0 aromatic carbocycles. The summed E-state index contributed by atoms with van der Waals surface area (Å²) in [6, 6.07) is -0.926. The molecule has 212 valence electrons. The summed E-state index contributed by atoms with van der Waals surface area (Å²) in [5, 5.41) is 33.2. The summed E-state index contributed by atoms with van der Waals surface area (Å²) in [4.78, 5) is 48.5. The van der Waals surface area contributed by atoms with Crippen LogP contribution in [0.25, 0.3) is 11.2 Å². The van der Waals surface area contributed by atoms with Crippen molar-refractivity contribution >= 4 is 24.7 Å². The second kappa shape index (κ2) is 10.5. The van der Waals surface area contributed by atoms with Crippen LogP contribution in [0, 0.1) is 6.92 Å². The molecule has 3 aromatic heterocycles. The van der Waals surface area contributed by atoms with Gasteiger partial charge in [0, 0.05) is 18.2 Å². The number of hydrogen-bond acceptors (Lipinski definition) is 13. The maximum absolute atomic E-state index is 12.8. The number of aliphatic hydroxyl groups excluding tert-OH is 3. The normalized spacial score (nSPS) is 30.6. The van der Waals surface area contributed by atoms with Crippen molar-refractivity contribution in [2.45, 2.75) is 56.3 Å². The van der Waals surface area contributed by atoms with E-state index in [0.717, 1.165) is 4.57 Å². The molecular weight excluding hydrogens is 543 g/mol. The molecular formula is C20H27N8O10P. The van der Waals surface area contributed by atoms with E-state index in [4.69, 9.17) is 19.7 Å². The molecule has 3 aromatic rings. The number of hydrogen-bond donors (Lipinski definition) is 7. The van der Waals surface area contributed by atoms with Gasteiger partial charge in [0.1, 0.15) is 36.4 Å². The van der Waals surface area contributed by atoms with Gasteiger partial charge in [-0.15, -0.1) is 0 Å². The summed E-state index contributed by atoms with van der Waals surface area (Å²) in [7, 11) is -4.58. The molecule has 8 atom stereocenters. The average molecular weight is 570 g/mol. The Morgan fingerprint density at radius 3 is 2.72 bits per heavy atom. The molecule has 5 rings (SSSR count). The number of nitrogen functional groups attached to an aromatic ring is 1. The lowest BCUT2D eigenvalue weighted by molar-refractivity contribution is -0.0491. The fourth-order valence-corrected chi connectivity index (χ4v) is 5.70. The number of aromatic amines is 1. The molecule has 8 N–H and O–H groups in total. The van der Waals surface area contributed by atoms with Gasteiger partial charge in [-0.2, -0.15) is 0 Å². The lowest BCUT2D eigenvalue weighted by Gasteiger charge is -2.22. The zero-order valence-electron chi connectivity index (χ0n) is 20.4. The van der Waals surface area contributed by atoms with Gasteiger partial charge in [0.05, 0.1) is 31.7 Å². The van der Waals surface area contributed by atoms with Crippen molar-refractivity contribution in [2.24, 2.45) is 0 Å². The van der Waals surface area contributed by atoms with Gasteiger partial charge in [0.15, 0.2) is 17.7 Å². The van der Waals surface area contributed by atoms with Crippen molar-refractivity contribution in [3.63, 3.8) is 0 Å². The minimum Gasteiger partial charge on any atom is -0.394 e. The molecule has 5 heterocycles. The summed E-state index contributed by atoms with van der Waals surface area (Å²) in [5.41, 5.74) is 5.25. The minimum absolute atomic E-state index is 0.0213. The number of aryl methyl sites for hydroxylation is 1. The van der Waals surface area contributed by atoms with E-state index in [1.165, 1.54) is 30.3 Å². The molecule has 0 spiro atoms. The Hall–Kier alpha value is -3.06. The number of nitrogens with zero attached hydrogens (tertiary/aromatic N) is 5. The predicted molar refractivity (Wildman–Crippen MR) is 130 cm³/mol. The van der Waals surface area contributed by atoms with Crippen molar-refractivity contribution in [2.75, 3.05) is 18.9 Å². The van der Waals surface area contributed by atoms with Crippen LogP contribution in [0.2, 0.25) is 0 Å². The summed E-state index contributed by atoms with van der Waals surface area (Å²) >= 11 is 0. The maximum atomic E-state index is 12.8. The second-order valence-corrected chi connectivity index (χ2v) is 10.8. The SMILES string of the molecule is Cc1cn([C@H]2C[C@H](NP(=O)(O)OC[C@H]3O[C@@H](n4cnc5c(N)ncnc54)[C@H](O)[C@@H]3O)[C@@H](CO)O2)c(=O)[nH]c1=O. The third-order valence-corrected chi connectivity index (χ3v) is 7.77. The highest BCUT2D eigenvalue weighted by Gasteiger charge is 2.46. The minimum atomic E-state index is -4.58. The van der Waals surface area contributed by atoms with Crippen LogP contribution in [0.3, 0.4) is 0 Å². The number of nitrogens with two attached hydrogens (primary N) is 1. The predicted octanol–water partition coefficient (Wildman–Crippen LogP) is -2.76. The Bertz CT molecular complexity index is 1530. The molecule has 39 heavy (non-hydrogen) atoms. The summed E-state index contributed by atoms with van der Waals surface area (Å²) in [6.45, 7) is 0.355. The Balaban J connectivity index is 1.24. The Morgan fingerprint density at radius 2 is 1.97 bits per heavy atom. The van der Waals surface area contributed by atoms with Crippen LogP contribution in [0.15, 0.2) is 28.4 Å². The summed E-state index contributed by atoms with van der Waals surface area (Å²) < 4.78 is 31.8. The van der Waals surface area contributed by atoms with Crippen molar-refractivity contribution in [3.05, 3.63) is 45.3 Å². The first kappa shape index (κ1) is 27.5. The van der Waals surface area contributed by atoms with E-state index in [2.05, 4.69) is 25.0 Å². The molecule has 2 saturated heterocycles. The molecule has 18 nitrogen and oxygen atoms in total. The number of anilines is 1. The molecule has 2 aliphatic rings. The standard InChI is InChI=1S/C20H27N8O10P/c1-8-3-27(20(33)25-18(8)32)12-2-9(10(4-29)37-12)26-39(34,35)36-5-11-14(30)15(31)19(38-11)28-7-24-13-16(21)22-6-23-17(13)28/h3,6-7,9-12,14-15,19,29-31H,2,4-5H2,1H3,(H2,21,22,23)(H,25,32,33)(H2,26,34,35)/t9-,10+,11+,12+,14+,15+,19+/m0/s1. The number of imidazole rings is 1. The third-order valence-electron chi connectivity index (χ3n) is 6.61. The second-order valence-electron chi connectivity index (χ2n) is 9.21. The zero-order chi connectivity index (χ0) is 28.1. The average Bonchev–Trinajstić information content (AvgIpc) is 3.57. The number of ether oxygens (including phenoxy) is 2. The lowest BCUT2D eigenvalue weighted by Crippen LogP contribution is -2.38. The first-order chi connectivity index (χ1) is 18.5. The van der Waals surface area contributed by atoms with Crippen LogP contribution >= 0.6 is 7.75 Å². The molecule has 0 aliphatic carbocycles. The molecule has 2 aliphatic heterocycles. The quantitative estimate of drug-likeness (QED) is 0.135. The number of fused-ring (bicyclic) bond motifs is 1. The van der Waals surface area contributed by atoms with Gasteiger partial charge < -0.3 is 35.4 Å². The molecule has 0 saturated carbocycles. The van der Waals surface area contributed by atoms with E-state index in [-0.39, 0.29) is 29.0 Å². The third kappa shape index (κ3) is 5.25. The molecule has 2 fully saturated rings. The van der Waals surface area contributed by atoms with E-state index in [1.807, 2.05) is 0 Å². The van der Waals surface area contributed by atoms with E-state index < -0.39 is 75.1 Å². The first-order valence-corrected chi connectivity index (χ1v) is 13.3. The van der Waals surface area contributed by atoms with Crippen molar-refractivity contribution in [1.29, 1.82) is 0 Å². The number of nitrogens with one attached hydrogen (secondary N) is 2. The Kier molecular flexibility index (Phi) is 7.40. The van der Waals surface area contributed by atoms with E-state index in [1.54, 1.807) is 0 Å². The number of H-pyrrole nitrogens is 1. The van der Waals surface area contributed by atoms with Gasteiger partial charge in [0.2, 0.25) is 0 Å². The van der Waals surface area contributed by atoms with Crippen LogP contribution in [-0.4, -0.2) is 93.0 Å². The molecule has 0 amide bonds. The van der Waals surface area contributed by atoms with Crippen LogP contribution in [-0.2, 0) is 18.6 Å². The van der Waals surface area contributed by atoms with Gasteiger partial charge in [-0.05, 0) is 6.92 Å². The van der Waals surface area contributed by atoms with Crippen LogP contribution < -0.4 is 22.1 Å². The Labute approximate surface area is 218 Å². The van der Waals surface area contributed by atoms with E-state index in [9.17, 15) is 34.4 Å². The fraction of sp³-hybridized carbons (Fsp3) is 0.550. The highest BCUT2D eigenvalue weighted by atomic mass is 31.2. The van der Waals surface area contributed by atoms with Gasteiger partial charge in [0.25, 0.3) is 5.56 Å². The smallest absolute Gasteiger partial charge is 0.394 e. The van der Waals surface area contributed by atoms with E-state index in [0.29, 0.717) is 0 Å². The largest absolute Gasteiger partial charge is 0.403 e. The summed E-state index contributed by atoms with van der Waals surface area (Å²) in [6.07, 6.45) is -3.47. The van der Waals surface area contributed by atoms with Gasteiger partial charge in [-0.25, -0.2) is 29.4 Å². The van der Waals surface area contributed by atoms with Gasteiger partial charge in [-0.1, -0.05) is 0 Å². The van der Waals surface area contributed by atoms with Gasteiger partial charge in [-0.3, -0.25) is 23.4 Å². The molecule has 1 unspecified atom stereocenters. The highest BCUT2D eigenvalue weighted by Crippen LogP contribution is 2.43. The highest BCUT2D eigenvalue weighted by molar-refractivity contribution is 7.50. The van der Waals surface area contributed by atoms with E-state index >= 15 is 0 Å². The topological polar surface area (TPSA) is 262 Å². The number of aliphatic hydroxyl groups is 3. The number of aromatic nitrogens is 6. The van der Waals surface area contributed by atoms with Gasteiger partial charge >= 0.3 is 13.4 Å². The Morgan fingerprint density at radius 1 is 1.21 bits per heavy atom. The van der Waals surface area contributed by atoms with Crippen molar-refractivity contribution in [1.82, 2.24) is 34.2 Å². The lowest BCUT2D eigenvalue weighted by atomic mass is 10.1. The monoisotopic (exact) mass is 570 g/mol. The number of rotatable bonds is 8.